The van der Waals surface area contributed by atoms with Gasteiger partial charge in [0.05, 0.1) is 11.3 Å². The van der Waals surface area contributed by atoms with Crippen LogP contribution in [0.5, 0.6) is 0 Å². The lowest BCUT2D eigenvalue weighted by molar-refractivity contribution is 0.0961. The zero-order chi connectivity index (χ0) is 11.5. The maximum Gasteiger partial charge on any atom is 0.166 e. The van der Waals surface area contributed by atoms with Crippen molar-refractivity contribution in [2.45, 2.75) is 45.4 Å². The number of carbonyl (C=O) groups is 1. The van der Waals surface area contributed by atoms with Crippen LogP contribution in [-0.2, 0) is 13.5 Å². The van der Waals surface area contributed by atoms with E-state index in [1.807, 2.05) is 13.2 Å². The average molecular weight is 220 g/mol. The second-order valence-electron chi connectivity index (χ2n) is 4.79. The number of carbonyl (C=O) groups excluding carboxylic acids is 1. The van der Waals surface area contributed by atoms with Crippen molar-refractivity contribution in [3.63, 3.8) is 0 Å². The number of hydrogen-bond donors (Lipinski definition) is 0. The van der Waals surface area contributed by atoms with Crippen molar-refractivity contribution in [1.29, 1.82) is 0 Å². The van der Waals surface area contributed by atoms with Crippen LogP contribution >= 0.6 is 0 Å². The van der Waals surface area contributed by atoms with Crippen LogP contribution in [0.2, 0.25) is 0 Å². The van der Waals surface area contributed by atoms with E-state index in [0.717, 1.165) is 24.1 Å². The molecule has 0 unspecified atom stereocenters. The Morgan fingerprint density at radius 1 is 1.50 bits per heavy atom. The number of aryl methyl sites for hydroxylation is 2. The first-order valence-electron chi connectivity index (χ1n) is 6.26. The Morgan fingerprint density at radius 3 is 2.81 bits per heavy atom. The van der Waals surface area contributed by atoms with Gasteiger partial charge < -0.3 is 0 Å². The van der Waals surface area contributed by atoms with E-state index in [1.54, 1.807) is 4.68 Å². The number of rotatable bonds is 4. The summed E-state index contributed by atoms with van der Waals surface area (Å²) in [4.78, 5) is 12.1. The second-order valence-corrected chi connectivity index (χ2v) is 4.79. The highest BCUT2D eigenvalue weighted by molar-refractivity contribution is 5.97. The van der Waals surface area contributed by atoms with Gasteiger partial charge in [-0.3, -0.25) is 9.48 Å². The summed E-state index contributed by atoms with van der Waals surface area (Å²) in [5, 5.41) is 4.32. The van der Waals surface area contributed by atoms with Gasteiger partial charge in [0.1, 0.15) is 0 Å². The largest absolute Gasteiger partial charge is 0.294 e. The number of hydrogen-bond acceptors (Lipinski definition) is 2. The molecule has 16 heavy (non-hydrogen) atoms. The topological polar surface area (TPSA) is 34.9 Å². The summed E-state index contributed by atoms with van der Waals surface area (Å²) in [6.07, 6.45) is 8.49. The molecule has 1 fully saturated rings. The molecule has 0 atom stereocenters. The lowest BCUT2D eigenvalue weighted by atomic mass is 9.97. The molecule has 1 aliphatic rings. The highest BCUT2D eigenvalue weighted by Crippen LogP contribution is 2.29. The quantitative estimate of drug-likeness (QED) is 0.731. The summed E-state index contributed by atoms with van der Waals surface area (Å²) in [6.45, 7) is 2.05. The molecule has 3 nitrogen and oxygen atoms in total. The smallest absolute Gasteiger partial charge is 0.166 e. The van der Waals surface area contributed by atoms with E-state index < -0.39 is 0 Å². The molecule has 1 aliphatic carbocycles. The maximum absolute atomic E-state index is 12.1. The fraction of sp³-hybridized carbons (Fsp3) is 0.692. The first-order valence-corrected chi connectivity index (χ1v) is 6.26. The van der Waals surface area contributed by atoms with E-state index in [4.69, 9.17) is 0 Å². The van der Waals surface area contributed by atoms with E-state index in [-0.39, 0.29) is 5.78 Å². The molecule has 0 bridgehead atoms. The van der Waals surface area contributed by atoms with Crippen LogP contribution < -0.4 is 0 Å². The van der Waals surface area contributed by atoms with E-state index in [2.05, 4.69) is 12.0 Å². The SMILES string of the molecule is CCc1nn(C)cc1C(=O)CC1CCCC1. The number of aromatic nitrogens is 2. The van der Waals surface area contributed by atoms with Crippen LogP contribution in [0.15, 0.2) is 6.20 Å². The molecule has 1 aromatic rings. The van der Waals surface area contributed by atoms with E-state index in [0.29, 0.717) is 5.92 Å². The van der Waals surface area contributed by atoms with Crippen LogP contribution in [0.3, 0.4) is 0 Å². The van der Waals surface area contributed by atoms with Gasteiger partial charge in [0.2, 0.25) is 0 Å². The molecule has 0 aliphatic heterocycles. The molecule has 1 saturated carbocycles. The predicted octanol–water partition coefficient (Wildman–Crippen LogP) is 2.75. The Balaban J connectivity index is 2.07. The summed E-state index contributed by atoms with van der Waals surface area (Å²) in [6, 6.07) is 0. The van der Waals surface area contributed by atoms with Gasteiger partial charge in [0, 0.05) is 19.7 Å². The lowest BCUT2D eigenvalue weighted by Crippen LogP contribution is -2.07. The molecule has 0 aromatic carbocycles. The van der Waals surface area contributed by atoms with Gasteiger partial charge in [-0.25, -0.2) is 0 Å². The lowest BCUT2D eigenvalue weighted by Gasteiger charge is -2.06. The van der Waals surface area contributed by atoms with Crippen molar-refractivity contribution < 1.29 is 4.79 Å². The Labute approximate surface area is 96.8 Å². The van der Waals surface area contributed by atoms with Gasteiger partial charge in [0.25, 0.3) is 0 Å². The van der Waals surface area contributed by atoms with E-state index in [9.17, 15) is 4.79 Å². The van der Waals surface area contributed by atoms with Crippen molar-refractivity contribution in [1.82, 2.24) is 9.78 Å². The third kappa shape index (κ3) is 2.34. The fourth-order valence-corrected chi connectivity index (χ4v) is 2.62. The van der Waals surface area contributed by atoms with Gasteiger partial charge >= 0.3 is 0 Å². The van der Waals surface area contributed by atoms with Gasteiger partial charge in [0.15, 0.2) is 5.78 Å². The molecule has 0 amide bonds. The minimum absolute atomic E-state index is 0.289. The van der Waals surface area contributed by atoms with Crippen molar-refractivity contribution >= 4 is 5.78 Å². The number of ketones is 1. The Bertz CT molecular complexity index is 375. The molecule has 0 radical (unpaired) electrons. The molecule has 0 N–H and O–H groups in total. The second kappa shape index (κ2) is 4.81. The molecule has 1 heterocycles. The first kappa shape index (κ1) is 11.4. The van der Waals surface area contributed by atoms with Crippen molar-refractivity contribution in [2.75, 3.05) is 0 Å². The molecular weight excluding hydrogens is 200 g/mol. The molecule has 1 aromatic heterocycles. The Kier molecular flexibility index (Phi) is 3.42. The van der Waals surface area contributed by atoms with Gasteiger partial charge in [-0.05, 0) is 12.3 Å². The van der Waals surface area contributed by atoms with Crippen LogP contribution in [0, 0.1) is 5.92 Å². The summed E-state index contributed by atoms with van der Waals surface area (Å²) < 4.78 is 1.75. The van der Waals surface area contributed by atoms with Gasteiger partial charge in [-0.2, -0.15) is 5.10 Å². The molecule has 0 spiro atoms. The molecule has 3 heteroatoms. The third-order valence-electron chi connectivity index (χ3n) is 3.49. The molecule has 88 valence electrons. The van der Waals surface area contributed by atoms with Crippen LogP contribution in [0.1, 0.15) is 55.1 Å². The first-order chi connectivity index (χ1) is 7.70. The van der Waals surface area contributed by atoms with E-state index in [1.165, 1.54) is 25.7 Å². The van der Waals surface area contributed by atoms with Crippen LogP contribution in [0.25, 0.3) is 0 Å². The average Bonchev–Trinajstić information content (AvgIpc) is 2.86. The van der Waals surface area contributed by atoms with Crippen molar-refractivity contribution in [3.8, 4) is 0 Å². The summed E-state index contributed by atoms with van der Waals surface area (Å²) in [7, 11) is 1.88. The summed E-state index contributed by atoms with van der Waals surface area (Å²) >= 11 is 0. The van der Waals surface area contributed by atoms with Gasteiger partial charge in [-0.15, -0.1) is 0 Å². The van der Waals surface area contributed by atoms with E-state index >= 15 is 0 Å². The predicted molar refractivity (Wildman–Crippen MR) is 63.5 cm³/mol. The summed E-state index contributed by atoms with van der Waals surface area (Å²) in [5.41, 5.74) is 1.79. The Morgan fingerprint density at radius 2 is 2.19 bits per heavy atom. The molecule has 2 rings (SSSR count). The van der Waals surface area contributed by atoms with Crippen molar-refractivity contribution in [3.05, 3.63) is 17.5 Å². The van der Waals surface area contributed by atoms with Gasteiger partial charge in [-0.1, -0.05) is 32.6 Å². The van der Waals surface area contributed by atoms with Crippen LogP contribution in [0.4, 0.5) is 0 Å². The minimum atomic E-state index is 0.289. The van der Waals surface area contributed by atoms with Crippen molar-refractivity contribution in [2.24, 2.45) is 13.0 Å². The third-order valence-corrected chi connectivity index (χ3v) is 3.49. The van der Waals surface area contributed by atoms with Crippen LogP contribution in [-0.4, -0.2) is 15.6 Å². The highest BCUT2D eigenvalue weighted by atomic mass is 16.1. The Hall–Kier alpha value is -1.12. The monoisotopic (exact) mass is 220 g/mol. The fourth-order valence-electron chi connectivity index (χ4n) is 2.62. The molecular formula is C13H20N2O. The number of nitrogens with zero attached hydrogens (tertiary/aromatic N) is 2. The normalized spacial score (nSPS) is 16.9. The standard InChI is InChI=1S/C13H20N2O/c1-3-12-11(9-15(2)14-12)13(16)8-10-6-4-5-7-10/h9-10H,3-8H2,1-2H3. The zero-order valence-corrected chi connectivity index (χ0v) is 10.2. The maximum atomic E-state index is 12.1. The highest BCUT2D eigenvalue weighted by Gasteiger charge is 2.21. The molecule has 0 saturated heterocycles. The number of Topliss-reactive ketones (excluding diaryl/α,β-unsaturated/α-hetero) is 1. The summed E-state index contributed by atoms with van der Waals surface area (Å²) in [5.74, 6) is 0.911. The minimum Gasteiger partial charge on any atom is -0.294 e. The zero-order valence-electron chi connectivity index (χ0n) is 10.2.